The summed E-state index contributed by atoms with van der Waals surface area (Å²) in [5, 5.41) is 2.97. The molecule has 0 saturated heterocycles. The van der Waals surface area contributed by atoms with E-state index in [0.29, 0.717) is 19.6 Å². The first kappa shape index (κ1) is 18.5. The summed E-state index contributed by atoms with van der Waals surface area (Å²) in [4.78, 5) is 12.6. The van der Waals surface area contributed by atoms with Crippen LogP contribution in [0.2, 0.25) is 0 Å². The highest BCUT2D eigenvalue weighted by Crippen LogP contribution is 2.25. The molecule has 0 aliphatic heterocycles. The van der Waals surface area contributed by atoms with Gasteiger partial charge in [-0.3, -0.25) is 4.79 Å². The number of rotatable bonds is 9. The first-order valence-electron chi connectivity index (χ1n) is 8.15. The second kappa shape index (κ2) is 8.79. The van der Waals surface area contributed by atoms with Gasteiger partial charge in [-0.1, -0.05) is 20.3 Å². The van der Waals surface area contributed by atoms with E-state index in [0.717, 1.165) is 29.8 Å². The van der Waals surface area contributed by atoms with E-state index in [2.05, 4.69) is 12.2 Å². The number of amides is 1. The number of carbonyl (C=O) groups is 1. The summed E-state index contributed by atoms with van der Waals surface area (Å²) in [6, 6.07) is 5.68. The maximum atomic E-state index is 12.6. The van der Waals surface area contributed by atoms with Crippen LogP contribution in [0, 0.1) is 6.92 Å². The number of ether oxygens (including phenoxy) is 2. The van der Waals surface area contributed by atoms with Gasteiger partial charge in [0.15, 0.2) is 0 Å². The van der Waals surface area contributed by atoms with Crippen molar-refractivity contribution in [1.82, 2.24) is 0 Å². The summed E-state index contributed by atoms with van der Waals surface area (Å²) in [7, 11) is 0. The molecule has 0 radical (unpaired) electrons. The Morgan fingerprint density at radius 1 is 1.23 bits per heavy atom. The summed E-state index contributed by atoms with van der Waals surface area (Å²) < 4.78 is 11.3. The molecule has 1 rings (SSSR count). The molecule has 1 atom stereocenters. The maximum absolute atomic E-state index is 12.6. The SMILES string of the molecule is CCCOC(C)(CCC)C(=O)Nc1ccc(OCC)c(C)c1. The summed E-state index contributed by atoms with van der Waals surface area (Å²) in [5.41, 5.74) is 0.997. The van der Waals surface area contributed by atoms with Crippen LogP contribution in [-0.2, 0) is 9.53 Å². The Balaban J connectivity index is 2.82. The minimum Gasteiger partial charge on any atom is -0.494 e. The first-order valence-corrected chi connectivity index (χ1v) is 8.15. The molecule has 0 aliphatic rings. The van der Waals surface area contributed by atoms with Crippen LogP contribution in [-0.4, -0.2) is 24.7 Å². The third kappa shape index (κ3) is 5.02. The van der Waals surface area contributed by atoms with E-state index in [-0.39, 0.29) is 5.91 Å². The Labute approximate surface area is 134 Å². The number of nitrogens with one attached hydrogen (secondary N) is 1. The van der Waals surface area contributed by atoms with Gasteiger partial charge in [-0.05, 0) is 57.4 Å². The van der Waals surface area contributed by atoms with Gasteiger partial charge in [-0.25, -0.2) is 0 Å². The van der Waals surface area contributed by atoms with Crippen LogP contribution in [0.25, 0.3) is 0 Å². The molecule has 0 aromatic heterocycles. The molecule has 0 fully saturated rings. The monoisotopic (exact) mass is 307 g/mol. The van der Waals surface area contributed by atoms with E-state index in [1.807, 2.05) is 45.9 Å². The highest BCUT2D eigenvalue weighted by molar-refractivity contribution is 5.97. The maximum Gasteiger partial charge on any atom is 0.256 e. The minimum absolute atomic E-state index is 0.0913. The molecule has 0 bridgehead atoms. The van der Waals surface area contributed by atoms with Crippen LogP contribution in [0.3, 0.4) is 0 Å². The van der Waals surface area contributed by atoms with Crippen molar-refractivity contribution in [3.8, 4) is 5.75 Å². The Kier molecular flexibility index (Phi) is 7.39. The number of hydrogen-bond acceptors (Lipinski definition) is 3. The van der Waals surface area contributed by atoms with Gasteiger partial charge in [0.1, 0.15) is 11.4 Å². The van der Waals surface area contributed by atoms with Crippen molar-refractivity contribution in [2.45, 2.75) is 59.5 Å². The fourth-order valence-electron chi connectivity index (χ4n) is 2.36. The Bertz CT molecular complexity index is 487. The smallest absolute Gasteiger partial charge is 0.256 e. The lowest BCUT2D eigenvalue weighted by atomic mass is 9.98. The predicted molar refractivity (Wildman–Crippen MR) is 90.5 cm³/mol. The van der Waals surface area contributed by atoms with Gasteiger partial charge in [-0.2, -0.15) is 0 Å². The zero-order valence-corrected chi connectivity index (χ0v) is 14.5. The van der Waals surface area contributed by atoms with Crippen LogP contribution in [0.4, 0.5) is 5.69 Å². The molecule has 22 heavy (non-hydrogen) atoms. The second-order valence-electron chi connectivity index (χ2n) is 5.70. The van der Waals surface area contributed by atoms with Gasteiger partial charge >= 0.3 is 0 Å². The molecule has 1 N–H and O–H groups in total. The number of anilines is 1. The normalized spacial score (nSPS) is 13.5. The van der Waals surface area contributed by atoms with Crippen molar-refractivity contribution in [2.75, 3.05) is 18.5 Å². The fraction of sp³-hybridized carbons (Fsp3) is 0.611. The van der Waals surface area contributed by atoms with Gasteiger partial charge < -0.3 is 14.8 Å². The summed E-state index contributed by atoms with van der Waals surface area (Å²) in [5.74, 6) is 0.755. The molecule has 0 heterocycles. The van der Waals surface area contributed by atoms with E-state index < -0.39 is 5.60 Å². The molecular weight excluding hydrogens is 278 g/mol. The molecular formula is C18H29NO3. The van der Waals surface area contributed by atoms with Crippen LogP contribution in [0.5, 0.6) is 5.75 Å². The minimum atomic E-state index is -0.781. The highest BCUT2D eigenvalue weighted by atomic mass is 16.5. The molecule has 1 amide bonds. The van der Waals surface area contributed by atoms with Crippen molar-refractivity contribution in [1.29, 1.82) is 0 Å². The lowest BCUT2D eigenvalue weighted by Crippen LogP contribution is -2.43. The number of aryl methyl sites for hydroxylation is 1. The third-order valence-corrected chi connectivity index (χ3v) is 3.56. The molecule has 1 aromatic carbocycles. The van der Waals surface area contributed by atoms with E-state index in [9.17, 15) is 4.79 Å². The van der Waals surface area contributed by atoms with Gasteiger partial charge in [-0.15, -0.1) is 0 Å². The molecule has 4 heteroatoms. The zero-order valence-electron chi connectivity index (χ0n) is 14.5. The molecule has 124 valence electrons. The molecule has 4 nitrogen and oxygen atoms in total. The second-order valence-corrected chi connectivity index (χ2v) is 5.70. The Morgan fingerprint density at radius 3 is 2.50 bits per heavy atom. The van der Waals surface area contributed by atoms with Crippen molar-refractivity contribution in [3.05, 3.63) is 23.8 Å². The highest BCUT2D eigenvalue weighted by Gasteiger charge is 2.33. The molecule has 0 saturated carbocycles. The average molecular weight is 307 g/mol. The van der Waals surface area contributed by atoms with Gasteiger partial charge in [0.2, 0.25) is 0 Å². The predicted octanol–water partition coefficient (Wildman–Crippen LogP) is 4.32. The largest absolute Gasteiger partial charge is 0.494 e. The molecule has 1 aromatic rings. The Hall–Kier alpha value is -1.55. The van der Waals surface area contributed by atoms with Gasteiger partial charge in [0, 0.05) is 12.3 Å². The van der Waals surface area contributed by atoms with E-state index in [1.54, 1.807) is 0 Å². The van der Waals surface area contributed by atoms with Crippen LogP contribution >= 0.6 is 0 Å². The molecule has 0 spiro atoms. The number of hydrogen-bond donors (Lipinski definition) is 1. The summed E-state index contributed by atoms with van der Waals surface area (Å²) in [6.07, 6.45) is 2.50. The van der Waals surface area contributed by atoms with Gasteiger partial charge in [0.05, 0.1) is 6.61 Å². The summed E-state index contributed by atoms with van der Waals surface area (Å²) in [6.45, 7) is 11.1. The quantitative estimate of drug-likeness (QED) is 0.739. The van der Waals surface area contributed by atoms with Crippen LogP contribution in [0.1, 0.15) is 52.5 Å². The third-order valence-electron chi connectivity index (χ3n) is 3.56. The topological polar surface area (TPSA) is 47.6 Å². The Morgan fingerprint density at radius 2 is 1.95 bits per heavy atom. The van der Waals surface area contributed by atoms with E-state index >= 15 is 0 Å². The van der Waals surface area contributed by atoms with Crippen LogP contribution in [0.15, 0.2) is 18.2 Å². The van der Waals surface area contributed by atoms with Gasteiger partial charge in [0.25, 0.3) is 5.91 Å². The van der Waals surface area contributed by atoms with Crippen molar-refractivity contribution in [2.24, 2.45) is 0 Å². The van der Waals surface area contributed by atoms with Crippen molar-refractivity contribution in [3.63, 3.8) is 0 Å². The van der Waals surface area contributed by atoms with Crippen molar-refractivity contribution < 1.29 is 14.3 Å². The molecule has 0 aliphatic carbocycles. The average Bonchev–Trinajstić information content (AvgIpc) is 2.48. The first-order chi connectivity index (χ1) is 10.5. The number of benzene rings is 1. The standard InChI is InChI=1S/C18H29NO3/c1-6-11-18(5,22-12-7-2)17(20)19-15-9-10-16(21-8-3)14(4)13-15/h9-10,13H,6-8,11-12H2,1-5H3,(H,19,20). The van der Waals surface area contributed by atoms with Crippen LogP contribution < -0.4 is 10.1 Å². The lowest BCUT2D eigenvalue weighted by Gasteiger charge is -2.28. The van der Waals surface area contributed by atoms with Crippen molar-refractivity contribution >= 4 is 11.6 Å². The van der Waals surface area contributed by atoms with E-state index in [1.165, 1.54) is 0 Å². The van der Waals surface area contributed by atoms with E-state index in [4.69, 9.17) is 9.47 Å². The molecule has 1 unspecified atom stereocenters. The summed E-state index contributed by atoms with van der Waals surface area (Å²) >= 11 is 0. The zero-order chi connectivity index (χ0) is 16.6. The fourth-order valence-corrected chi connectivity index (χ4v) is 2.36. The lowest BCUT2D eigenvalue weighted by molar-refractivity contribution is -0.140. The number of carbonyl (C=O) groups excluding carboxylic acids is 1.